The number of hydrogen-bond acceptors (Lipinski definition) is 4. The van der Waals surface area contributed by atoms with Crippen molar-refractivity contribution in [2.75, 3.05) is 56.0 Å². The van der Waals surface area contributed by atoms with Gasteiger partial charge < -0.3 is 15.1 Å². The minimum atomic E-state index is -2.90. The van der Waals surface area contributed by atoms with Crippen molar-refractivity contribution in [2.45, 2.75) is 51.4 Å². The van der Waals surface area contributed by atoms with Crippen molar-refractivity contribution in [3.8, 4) is 0 Å². The highest BCUT2D eigenvalue weighted by Gasteiger charge is 2.61. The van der Waals surface area contributed by atoms with Gasteiger partial charge in [0.25, 0.3) is 11.8 Å². The number of carbonyl (C=O) groups excluding carboxylic acids is 2. The molecule has 1 aromatic rings. The Morgan fingerprint density at radius 1 is 1.03 bits per heavy atom. The van der Waals surface area contributed by atoms with Crippen LogP contribution in [0.4, 0.5) is 20.2 Å². The van der Waals surface area contributed by atoms with Crippen molar-refractivity contribution in [1.29, 1.82) is 0 Å². The molecule has 1 atom stereocenters. The van der Waals surface area contributed by atoms with E-state index in [1.807, 2.05) is 4.90 Å². The van der Waals surface area contributed by atoms with Crippen molar-refractivity contribution in [3.05, 3.63) is 23.8 Å². The summed E-state index contributed by atoms with van der Waals surface area (Å²) < 4.78 is 26.6. The smallest absolute Gasteiger partial charge is 0.260 e. The number of rotatable bonds is 6. The second-order valence-electron chi connectivity index (χ2n) is 9.27. The van der Waals surface area contributed by atoms with Gasteiger partial charge in [-0.3, -0.25) is 14.5 Å². The van der Waals surface area contributed by atoms with Crippen LogP contribution in [0, 0.1) is 5.92 Å². The largest absolute Gasteiger partial charge is 0.371 e. The molecular formula is C24H34F2N4O2. The molecule has 1 saturated carbocycles. The second-order valence-corrected chi connectivity index (χ2v) is 9.27. The van der Waals surface area contributed by atoms with E-state index in [1.54, 1.807) is 18.2 Å². The van der Waals surface area contributed by atoms with Crippen LogP contribution < -0.4 is 10.2 Å². The monoisotopic (exact) mass is 448 g/mol. The van der Waals surface area contributed by atoms with Crippen molar-refractivity contribution in [2.24, 2.45) is 5.92 Å². The van der Waals surface area contributed by atoms with Gasteiger partial charge in [-0.25, -0.2) is 8.78 Å². The van der Waals surface area contributed by atoms with Gasteiger partial charge in [-0.15, -0.1) is 0 Å². The van der Waals surface area contributed by atoms with Gasteiger partial charge in [-0.1, -0.05) is 19.8 Å². The zero-order valence-corrected chi connectivity index (χ0v) is 18.9. The summed E-state index contributed by atoms with van der Waals surface area (Å²) in [5.41, 5.74) is 1.90. The highest BCUT2D eigenvalue weighted by Crippen LogP contribution is 2.49. The van der Waals surface area contributed by atoms with E-state index in [-0.39, 0.29) is 5.91 Å². The van der Waals surface area contributed by atoms with Gasteiger partial charge in [0.2, 0.25) is 5.91 Å². The topological polar surface area (TPSA) is 55.9 Å². The molecule has 6 nitrogen and oxygen atoms in total. The van der Waals surface area contributed by atoms with Crippen LogP contribution in [-0.2, 0) is 4.79 Å². The van der Waals surface area contributed by atoms with Crippen molar-refractivity contribution in [3.63, 3.8) is 0 Å². The highest BCUT2D eigenvalue weighted by atomic mass is 19.3. The molecule has 2 saturated heterocycles. The lowest BCUT2D eigenvalue weighted by atomic mass is 10.1. The number of halogens is 2. The fraction of sp³-hybridized carbons (Fsp3) is 0.667. The van der Waals surface area contributed by atoms with Crippen LogP contribution in [0.5, 0.6) is 0 Å². The third-order valence-electron chi connectivity index (χ3n) is 6.78. The molecule has 1 aliphatic carbocycles. The molecule has 0 radical (unpaired) electrons. The predicted molar refractivity (Wildman–Crippen MR) is 121 cm³/mol. The minimum absolute atomic E-state index is 0.00648. The lowest BCUT2D eigenvalue weighted by molar-refractivity contribution is -0.119. The first kappa shape index (κ1) is 23.0. The van der Waals surface area contributed by atoms with Crippen LogP contribution in [0.15, 0.2) is 18.2 Å². The molecule has 3 fully saturated rings. The lowest BCUT2D eigenvalue weighted by Crippen LogP contribution is -2.49. The fourth-order valence-corrected chi connectivity index (χ4v) is 4.75. The average Bonchev–Trinajstić information content (AvgIpc) is 3.50. The Morgan fingerprint density at radius 2 is 1.69 bits per heavy atom. The van der Waals surface area contributed by atoms with E-state index in [0.717, 1.165) is 70.5 Å². The molecule has 1 aromatic carbocycles. The van der Waals surface area contributed by atoms with Gasteiger partial charge in [0, 0.05) is 51.4 Å². The molecular weight excluding hydrogens is 414 g/mol. The second kappa shape index (κ2) is 9.73. The molecule has 2 amide bonds. The van der Waals surface area contributed by atoms with E-state index in [4.69, 9.17) is 0 Å². The Bertz CT molecular complexity index is 831. The van der Waals surface area contributed by atoms with Gasteiger partial charge in [0.1, 0.15) is 5.92 Å². The third kappa shape index (κ3) is 5.22. The number of nitrogens with zero attached hydrogens (tertiary/aromatic N) is 3. The normalized spacial score (nSPS) is 23.5. The summed E-state index contributed by atoms with van der Waals surface area (Å²) in [4.78, 5) is 32.1. The van der Waals surface area contributed by atoms with Gasteiger partial charge in [-0.05, 0) is 44.0 Å². The van der Waals surface area contributed by atoms with Crippen LogP contribution >= 0.6 is 0 Å². The fourth-order valence-electron chi connectivity index (χ4n) is 4.75. The van der Waals surface area contributed by atoms with Gasteiger partial charge in [0.15, 0.2) is 0 Å². The molecule has 0 spiro atoms. The third-order valence-corrected chi connectivity index (χ3v) is 6.78. The SMILES string of the molecule is CCCN1CCN(C(=O)c2ccc(NC(=O)C3CC3(F)F)cc2N2CCCCCC2)CC1. The quantitative estimate of drug-likeness (QED) is 0.719. The van der Waals surface area contributed by atoms with E-state index in [1.165, 1.54) is 0 Å². The standard InChI is InChI=1S/C24H34F2N4O2/c1-2-9-28-12-14-30(15-13-28)23(32)19-8-7-18(27-22(31)20-17-24(20,25)26)16-21(19)29-10-5-3-4-6-11-29/h7-8,16,20H,2-6,9-15,17H2,1H3,(H,27,31). The van der Waals surface area contributed by atoms with Crippen LogP contribution in [0.2, 0.25) is 0 Å². The molecule has 0 bridgehead atoms. The van der Waals surface area contributed by atoms with Crippen molar-refractivity contribution < 1.29 is 18.4 Å². The number of nitrogens with one attached hydrogen (secondary N) is 1. The number of hydrogen-bond donors (Lipinski definition) is 1. The summed E-state index contributed by atoms with van der Waals surface area (Å²) in [7, 11) is 0. The summed E-state index contributed by atoms with van der Waals surface area (Å²) in [6.07, 6.45) is 5.13. The van der Waals surface area contributed by atoms with E-state index < -0.39 is 24.2 Å². The van der Waals surface area contributed by atoms with E-state index in [9.17, 15) is 18.4 Å². The van der Waals surface area contributed by atoms with Crippen LogP contribution in [0.1, 0.15) is 55.8 Å². The summed E-state index contributed by atoms with van der Waals surface area (Å²) in [5, 5.41) is 2.64. The Morgan fingerprint density at radius 3 is 2.28 bits per heavy atom. The first-order chi connectivity index (χ1) is 15.4. The molecule has 1 unspecified atom stereocenters. The Balaban J connectivity index is 1.53. The molecule has 2 aliphatic heterocycles. The van der Waals surface area contributed by atoms with Crippen molar-refractivity contribution in [1.82, 2.24) is 9.80 Å². The van der Waals surface area contributed by atoms with E-state index in [0.29, 0.717) is 24.3 Å². The van der Waals surface area contributed by atoms with E-state index in [2.05, 4.69) is 22.0 Å². The van der Waals surface area contributed by atoms with Crippen molar-refractivity contribution >= 4 is 23.2 Å². The molecule has 1 N–H and O–H groups in total. The molecule has 3 aliphatic rings. The number of piperazine rings is 1. The number of alkyl halides is 2. The maximum atomic E-state index is 13.4. The number of benzene rings is 1. The van der Waals surface area contributed by atoms with Gasteiger partial charge >= 0.3 is 0 Å². The van der Waals surface area contributed by atoms with Gasteiger partial charge in [-0.2, -0.15) is 0 Å². The molecule has 176 valence electrons. The molecule has 8 heteroatoms. The number of carbonyl (C=O) groups is 2. The molecule has 0 aromatic heterocycles. The first-order valence-electron chi connectivity index (χ1n) is 12.0. The zero-order chi connectivity index (χ0) is 22.7. The number of amides is 2. The van der Waals surface area contributed by atoms with Crippen LogP contribution in [0.25, 0.3) is 0 Å². The maximum Gasteiger partial charge on any atom is 0.260 e. The summed E-state index contributed by atoms with van der Waals surface area (Å²) in [6, 6.07) is 5.21. The average molecular weight is 449 g/mol. The van der Waals surface area contributed by atoms with E-state index >= 15 is 0 Å². The summed E-state index contributed by atoms with van der Waals surface area (Å²) in [6.45, 7) is 8.07. The molecule has 4 rings (SSSR count). The zero-order valence-electron chi connectivity index (χ0n) is 18.9. The Labute approximate surface area is 188 Å². The summed E-state index contributed by atoms with van der Waals surface area (Å²) in [5.74, 6) is -4.78. The minimum Gasteiger partial charge on any atom is -0.371 e. The van der Waals surface area contributed by atoms with Crippen LogP contribution in [0.3, 0.4) is 0 Å². The first-order valence-corrected chi connectivity index (χ1v) is 12.0. The molecule has 32 heavy (non-hydrogen) atoms. The summed E-state index contributed by atoms with van der Waals surface area (Å²) >= 11 is 0. The Hall–Kier alpha value is -2.22. The lowest BCUT2D eigenvalue weighted by Gasteiger charge is -2.35. The maximum absolute atomic E-state index is 13.4. The Kier molecular flexibility index (Phi) is 6.98. The molecule has 2 heterocycles. The highest BCUT2D eigenvalue weighted by molar-refractivity contribution is 6.02. The number of anilines is 2. The van der Waals surface area contributed by atoms with Gasteiger partial charge in [0.05, 0.1) is 11.3 Å². The predicted octanol–water partition coefficient (Wildman–Crippen LogP) is 3.83. The van der Waals surface area contributed by atoms with Crippen LogP contribution in [-0.4, -0.2) is 73.4 Å².